The molecule has 0 spiro atoms. The molecule has 0 atom stereocenters. The first-order chi connectivity index (χ1) is 29.7. The molecule has 4 aromatic carbocycles. The van der Waals surface area contributed by atoms with E-state index >= 15 is 0 Å². The smallest absolute Gasteiger partial charge is 0.267 e. The molecule has 2 heterocycles. The molecular formula is C52H67N2O6S2+. The van der Waals surface area contributed by atoms with Gasteiger partial charge in [-0.15, -0.1) is 0 Å². The van der Waals surface area contributed by atoms with Crippen molar-refractivity contribution in [3.05, 3.63) is 132 Å². The van der Waals surface area contributed by atoms with Gasteiger partial charge in [0.05, 0.1) is 41.2 Å². The minimum Gasteiger partial charge on any atom is -0.343 e. The van der Waals surface area contributed by atoms with Crippen molar-refractivity contribution in [3.63, 3.8) is 0 Å². The summed E-state index contributed by atoms with van der Waals surface area (Å²) in [5.74, 6) is 0.0368. The first-order valence-electron chi connectivity index (χ1n) is 22.6. The van der Waals surface area contributed by atoms with E-state index in [1.54, 1.807) is 0 Å². The molecule has 62 heavy (non-hydrogen) atoms. The van der Waals surface area contributed by atoms with Crippen LogP contribution in [0.5, 0.6) is 0 Å². The fraction of sp³-hybridized carbons (Fsp3) is 0.442. The van der Waals surface area contributed by atoms with E-state index in [1.165, 1.54) is 55.5 Å². The highest BCUT2D eigenvalue weighted by atomic mass is 32.2. The molecular weight excluding hydrogens is 813 g/mol. The van der Waals surface area contributed by atoms with Gasteiger partial charge in [-0.1, -0.05) is 144 Å². The van der Waals surface area contributed by atoms with E-state index in [4.69, 9.17) is 8.37 Å². The standard InChI is InChI=1S/C52H67N2O6S2/c1-7-9-22-38-60-62(57,58)40-24-21-36-54-48(52(5,6)46-34-32-42-26-17-19-28-44(42)50(46)54)30-15-13-11-12-14-29-47-51(3,4)45-33-31-41-25-16-18-27-43(41)49(45)53(47)35-20-23-39-61(55,56)59-37-10-8-2/h11-19,25-34H,7-10,20-24,35-40H2,1-6H3/q+1. The molecule has 0 saturated carbocycles. The Hall–Kier alpha value is -4.35. The Balaban J connectivity index is 1.21. The maximum absolute atomic E-state index is 12.6. The van der Waals surface area contributed by atoms with Crippen molar-refractivity contribution < 1.29 is 29.8 Å². The zero-order valence-corrected chi connectivity index (χ0v) is 39.4. The molecule has 10 heteroatoms. The second-order valence-electron chi connectivity index (χ2n) is 17.6. The Labute approximate surface area is 372 Å². The maximum Gasteiger partial charge on any atom is 0.267 e. The lowest BCUT2D eigenvalue weighted by Crippen LogP contribution is -2.28. The minimum atomic E-state index is -3.55. The maximum atomic E-state index is 12.6. The third kappa shape index (κ3) is 11.0. The van der Waals surface area contributed by atoms with Crippen LogP contribution in [0.3, 0.4) is 0 Å². The summed E-state index contributed by atoms with van der Waals surface area (Å²) < 4.78 is 63.2. The predicted octanol–water partition coefficient (Wildman–Crippen LogP) is 12.0. The third-order valence-electron chi connectivity index (χ3n) is 12.3. The summed E-state index contributed by atoms with van der Waals surface area (Å²) in [6, 6.07) is 25.8. The molecule has 0 aliphatic carbocycles. The highest BCUT2D eigenvalue weighted by Gasteiger charge is 2.45. The van der Waals surface area contributed by atoms with Crippen LogP contribution in [0.1, 0.15) is 110 Å². The summed E-state index contributed by atoms with van der Waals surface area (Å²) in [5, 5.41) is 4.75. The number of anilines is 1. The number of hydrogen-bond acceptors (Lipinski definition) is 7. The van der Waals surface area contributed by atoms with E-state index < -0.39 is 20.2 Å². The van der Waals surface area contributed by atoms with Gasteiger partial charge in [0.15, 0.2) is 5.71 Å². The van der Waals surface area contributed by atoms with Gasteiger partial charge in [0.1, 0.15) is 6.54 Å². The number of hydrogen-bond donors (Lipinski definition) is 0. The van der Waals surface area contributed by atoms with Crippen LogP contribution in [0, 0.1) is 0 Å². The van der Waals surface area contributed by atoms with Crippen molar-refractivity contribution in [2.24, 2.45) is 0 Å². The minimum absolute atomic E-state index is 0.0172. The van der Waals surface area contributed by atoms with Crippen LogP contribution in [-0.2, 0) is 39.4 Å². The molecule has 0 aromatic heterocycles. The van der Waals surface area contributed by atoms with Crippen molar-refractivity contribution in [2.45, 2.75) is 110 Å². The summed E-state index contributed by atoms with van der Waals surface area (Å²) in [7, 11) is -7.10. The van der Waals surface area contributed by atoms with Crippen molar-refractivity contribution in [2.75, 3.05) is 42.7 Å². The average molecular weight is 880 g/mol. The van der Waals surface area contributed by atoms with Gasteiger partial charge < -0.3 is 4.90 Å². The number of allylic oxidation sites excluding steroid dienone is 8. The molecule has 0 radical (unpaired) electrons. The zero-order valence-electron chi connectivity index (χ0n) is 37.7. The summed E-state index contributed by atoms with van der Waals surface area (Å²) >= 11 is 0. The second-order valence-corrected chi connectivity index (χ2v) is 21.1. The van der Waals surface area contributed by atoms with Gasteiger partial charge in [-0.25, -0.2) is 0 Å². The molecule has 4 aromatic rings. The molecule has 2 aliphatic heterocycles. The van der Waals surface area contributed by atoms with E-state index in [-0.39, 0.29) is 35.5 Å². The molecule has 0 amide bonds. The molecule has 0 fully saturated rings. The Morgan fingerprint density at radius 2 is 1.18 bits per heavy atom. The van der Waals surface area contributed by atoms with E-state index in [9.17, 15) is 16.8 Å². The number of unbranched alkanes of at least 4 members (excludes halogenated alkanes) is 5. The number of fused-ring (bicyclic) bond motifs is 6. The predicted molar refractivity (Wildman–Crippen MR) is 259 cm³/mol. The monoisotopic (exact) mass is 879 g/mol. The molecule has 0 unspecified atom stereocenters. The van der Waals surface area contributed by atoms with Crippen LogP contribution in [0.4, 0.5) is 11.4 Å². The second kappa shape index (κ2) is 20.9. The number of benzene rings is 4. The molecule has 332 valence electrons. The lowest BCUT2D eigenvalue weighted by atomic mass is 9.80. The summed E-state index contributed by atoms with van der Waals surface area (Å²) in [6.45, 7) is 15.1. The van der Waals surface area contributed by atoms with Gasteiger partial charge in [-0.3, -0.25) is 8.37 Å². The zero-order chi connectivity index (χ0) is 44.4. The van der Waals surface area contributed by atoms with E-state index in [1.807, 2.05) is 13.0 Å². The highest BCUT2D eigenvalue weighted by molar-refractivity contribution is 7.86. The van der Waals surface area contributed by atoms with Crippen molar-refractivity contribution in [1.29, 1.82) is 0 Å². The number of nitrogens with zero attached hydrogens (tertiary/aromatic N) is 2. The Morgan fingerprint density at radius 1 is 0.597 bits per heavy atom. The van der Waals surface area contributed by atoms with Crippen molar-refractivity contribution >= 4 is 58.9 Å². The lowest BCUT2D eigenvalue weighted by Gasteiger charge is -2.27. The largest absolute Gasteiger partial charge is 0.343 e. The van der Waals surface area contributed by atoms with Crippen LogP contribution in [0.2, 0.25) is 0 Å². The molecule has 0 N–H and O–H groups in total. The SMILES string of the molecule is CCCCCOS(=O)(=O)CCCC[N+]1=C(/C=C/C=C/C=C/C=C2/N(CCCCS(=O)(=O)OCCCC)c3c(ccc4ccccc34)C2(C)C)C(C)(C)c2ccc3ccccc3c21. The van der Waals surface area contributed by atoms with Gasteiger partial charge in [0.25, 0.3) is 20.2 Å². The van der Waals surface area contributed by atoms with Crippen LogP contribution >= 0.6 is 0 Å². The van der Waals surface area contributed by atoms with Gasteiger partial charge in [0, 0.05) is 41.1 Å². The van der Waals surface area contributed by atoms with Crippen LogP contribution in [-0.4, -0.2) is 64.9 Å². The molecule has 2 aliphatic rings. The number of rotatable bonds is 23. The van der Waals surface area contributed by atoms with Crippen LogP contribution in [0.25, 0.3) is 21.5 Å². The van der Waals surface area contributed by atoms with Gasteiger partial charge >= 0.3 is 0 Å². The normalized spacial score (nSPS) is 16.9. The highest BCUT2D eigenvalue weighted by Crippen LogP contribution is 2.51. The lowest BCUT2D eigenvalue weighted by molar-refractivity contribution is -0.436. The van der Waals surface area contributed by atoms with Gasteiger partial charge in [-0.05, 0) is 74.4 Å². The fourth-order valence-corrected chi connectivity index (χ4v) is 11.0. The van der Waals surface area contributed by atoms with E-state index in [2.05, 4.69) is 153 Å². The first-order valence-corrected chi connectivity index (χ1v) is 25.8. The molecule has 8 nitrogen and oxygen atoms in total. The van der Waals surface area contributed by atoms with Crippen molar-refractivity contribution in [3.8, 4) is 0 Å². The summed E-state index contributed by atoms with van der Waals surface area (Å²) in [5.41, 5.74) is 6.73. The Bertz CT molecular complexity index is 2580. The average Bonchev–Trinajstić information content (AvgIpc) is 3.60. The fourth-order valence-electron chi connectivity index (χ4n) is 8.92. The van der Waals surface area contributed by atoms with Gasteiger partial charge in [0.2, 0.25) is 5.69 Å². The molecule has 6 rings (SSSR count). The third-order valence-corrected chi connectivity index (χ3v) is 15.0. The molecule has 0 saturated heterocycles. The summed E-state index contributed by atoms with van der Waals surface area (Å²) in [4.78, 5) is 2.39. The van der Waals surface area contributed by atoms with E-state index in [0.29, 0.717) is 38.8 Å². The summed E-state index contributed by atoms with van der Waals surface area (Å²) in [6.07, 6.45) is 21.6. The van der Waals surface area contributed by atoms with Crippen LogP contribution in [0.15, 0.2) is 121 Å². The molecule has 0 bridgehead atoms. The van der Waals surface area contributed by atoms with Gasteiger partial charge in [-0.2, -0.15) is 21.4 Å². The quantitative estimate of drug-likeness (QED) is 0.0317. The van der Waals surface area contributed by atoms with Crippen molar-refractivity contribution in [1.82, 2.24) is 0 Å². The Morgan fingerprint density at radius 3 is 1.87 bits per heavy atom. The topological polar surface area (TPSA) is 93.0 Å². The van der Waals surface area contributed by atoms with E-state index in [0.717, 1.165) is 32.1 Å². The Kier molecular flexibility index (Phi) is 15.9. The van der Waals surface area contributed by atoms with Crippen LogP contribution < -0.4 is 4.90 Å². The first kappa shape index (κ1) is 47.1.